The van der Waals surface area contributed by atoms with Gasteiger partial charge in [0.2, 0.25) is 0 Å². The van der Waals surface area contributed by atoms with E-state index in [1.54, 1.807) is 0 Å². The molecular formula is C18H31NO. The van der Waals surface area contributed by atoms with Crippen LogP contribution in [0.25, 0.3) is 0 Å². The number of aryl methyl sites for hydroxylation is 1. The Morgan fingerprint density at radius 2 is 2.00 bits per heavy atom. The summed E-state index contributed by atoms with van der Waals surface area (Å²) in [6.45, 7) is 5.46. The van der Waals surface area contributed by atoms with Gasteiger partial charge in [0, 0.05) is 6.42 Å². The molecular weight excluding hydrogens is 246 g/mol. The highest BCUT2D eigenvalue weighted by molar-refractivity contribution is 5.10. The van der Waals surface area contributed by atoms with E-state index in [0.717, 1.165) is 30.4 Å². The molecule has 1 aromatic heterocycles. The molecule has 1 aliphatic rings. The van der Waals surface area contributed by atoms with Gasteiger partial charge in [0.1, 0.15) is 11.5 Å². The summed E-state index contributed by atoms with van der Waals surface area (Å²) in [5, 5.41) is 3.67. The Kier molecular flexibility index (Phi) is 6.65. The molecule has 2 rings (SSSR count). The van der Waals surface area contributed by atoms with Crippen LogP contribution in [0.1, 0.15) is 82.8 Å². The Morgan fingerprint density at radius 3 is 2.65 bits per heavy atom. The summed E-state index contributed by atoms with van der Waals surface area (Å²) < 4.78 is 5.97. The quantitative estimate of drug-likeness (QED) is 0.702. The van der Waals surface area contributed by atoms with Crippen molar-refractivity contribution in [1.29, 1.82) is 0 Å². The van der Waals surface area contributed by atoms with Gasteiger partial charge in [-0.25, -0.2) is 0 Å². The average Bonchev–Trinajstić information content (AvgIpc) is 2.97. The van der Waals surface area contributed by atoms with Crippen LogP contribution in [0, 0.1) is 5.92 Å². The average molecular weight is 277 g/mol. The largest absolute Gasteiger partial charge is 0.464 e. The van der Waals surface area contributed by atoms with Gasteiger partial charge in [-0.1, -0.05) is 46.0 Å². The standard InChI is InChI=1S/C18H31NO/c1-3-14-19-17(18-13-11-16(4-2)20-18)12-10-15-8-6-5-7-9-15/h11,13,15,17,19H,3-10,12,14H2,1-2H3. The smallest absolute Gasteiger partial charge is 0.121 e. The molecule has 1 atom stereocenters. The van der Waals surface area contributed by atoms with Crippen LogP contribution in [0.4, 0.5) is 0 Å². The summed E-state index contributed by atoms with van der Waals surface area (Å²) in [5.41, 5.74) is 0. The fourth-order valence-electron chi connectivity index (χ4n) is 3.31. The lowest BCUT2D eigenvalue weighted by atomic mass is 9.85. The summed E-state index contributed by atoms with van der Waals surface area (Å²) in [5.74, 6) is 3.21. The van der Waals surface area contributed by atoms with Crippen molar-refractivity contribution in [3.8, 4) is 0 Å². The maximum Gasteiger partial charge on any atom is 0.121 e. The summed E-state index contributed by atoms with van der Waals surface area (Å²) in [6, 6.07) is 4.72. The minimum Gasteiger partial charge on any atom is -0.464 e. The van der Waals surface area contributed by atoms with Gasteiger partial charge < -0.3 is 9.73 Å². The lowest BCUT2D eigenvalue weighted by Gasteiger charge is -2.24. The Hall–Kier alpha value is -0.760. The van der Waals surface area contributed by atoms with Gasteiger partial charge in [0.25, 0.3) is 0 Å². The second-order valence-electron chi connectivity index (χ2n) is 6.25. The van der Waals surface area contributed by atoms with Crippen molar-refractivity contribution < 1.29 is 4.42 Å². The molecule has 1 heterocycles. The number of furan rings is 1. The maximum absolute atomic E-state index is 5.97. The minimum absolute atomic E-state index is 0.414. The highest BCUT2D eigenvalue weighted by Gasteiger charge is 2.19. The van der Waals surface area contributed by atoms with Crippen molar-refractivity contribution in [1.82, 2.24) is 5.32 Å². The molecule has 0 spiro atoms. The first-order valence-corrected chi connectivity index (χ1v) is 8.65. The minimum atomic E-state index is 0.414. The summed E-state index contributed by atoms with van der Waals surface area (Å²) in [7, 11) is 0. The van der Waals surface area contributed by atoms with Crippen LogP contribution in [0.3, 0.4) is 0 Å². The summed E-state index contributed by atoms with van der Waals surface area (Å²) in [6.07, 6.45) is 12.0. The topological polar surface area (TPSA) is 25.2 Å². The van der Waals surface area contributed by atoms with Crippen molar-refractivity contribution in [2.45, 2.75) is 77.7 Å². The molecule has 1 saturated carbocycles. The number of nitrogens with one attached hydrogen (secondary N) is 1. The van der Waals surface area contributed by atoms with E-state index in [2.05, 4.69) is 31.3 Å². The van der Waals surface area contributed by atoms with Crippen LogP contribution in [0.5, 0.6) is 0 Å². The molecule has 1 N–H and O–H groups in total. The molecule has 0 bridgehead atoms. The molecule has 0 amide bonds. The Morgan fingerprint density at radius 1 is 1.20 bits per heavy atom. The highest BCUT2D eigenvalue weighted by Crippen LogP contribution is 2.31. The zero-order valence-electron chi connectivity index (χ0n) is 13.3. The van der Waals surface area contributed by atoms with Gasteiger partial charge in [0.15, 0.2) is 0 Å². The molecule has 2 nitrogen and oxygen atoms in total. The lowest BCUT2D eigenvalue weighted by molar-refractivity contribution is 0.299. The van der Waals surface area contributed by atoms with Crippen molar-refractivity contribution >= 4 is 0 Å². The van der Waals surface area contributed by atoms with Gasteiger partial charge >= 0.3 is 0 Å². The van der Waals surface area contributed by atoms with E-state index in [1.807, 2.05) is 0 Å². The molecule has 114 valence electrons. The Balaban J connectivity index is 1.88. The predicted molar refractivity (Wildman–Crippen MR) is 84.9 cm³/mol. The number of hydrogen-bond donors (Lipinski definition) is 1. The second-order valence-corrected chi connectivity index (χ2v) is 6.25. The van der Waals surface area contributed by atoms with E-state index in [1.165, 1.54) is 51.4 Å². The third-order valence-electron chi connectivity index (χ3n) is 4.60. The molecule has 1 unspecified atom stereocenters. The molecule has 0 radical (unpaired) electrons. The van der Waals surface area contributed by atoms with Crippen molar-refractivity contribution in [2.24, 2.45) is 5.92 Å². The molecule has 1 aliphatic carbocycles. The van der Waals surface area contributed by atoms with E-state index in [-0.39, 0.29) is 0 Å². The molecule has 1 aromatic rings. The van der Waals surface area contributed by atoms with Crippen LogP contribution in [-0.2, 0) is 6.42 Å². The first-order chi connectivity index (χ1) is 9.83. The summed E-state index contributed by atoms with van der Waals surface area (Å²) >= 11 is 0. The number of hydrogen-bond acceptors (Lipinski definition) is 2. The monoisotopic (exact) mass is 277 g/mol. The van der Waals surface area contributed by atoms with Crippen LogP contribution in [0.15, 0.2) is 16.5 Å². The number of rotatable bonds is 8. The van der Waals surface area contributed by atoms with E-state index < -0.39 is 0 Å². The van der Waals surface area contributed by atoms with Gasteiger partial charge in [-0.05, 0) is 43.9 Å². The van der Waals surface area contributed by atoms with Crippen LogP contribution >= 0.6 is 0 Å². The molecule has 0 aromatic carbocycles. The lowest BCUT2D eigenvalue weighted by Crippen LogP contribution is -2.22. The fraction of sp³-hybridized carbons (Fsp3) is 0.778. The third kappa shape index (κ3) is 4.66. The SMILES string of the molecule is CCCNC(CCC1CCCCC1)c1ccc(CC)o1. The van der Waals surface area contributed by atoms with Gasteiger partial charge in [-0.15, -0.1) is 0 Å². The molecule has 2 heteroatoms. The molecule has 1 fully saturated rings. The molecule has 20 heavy (non-hydrogen) atoms. The maximum atomic E-state index is 5.97. The van der Waals surface area contributed by atoms with Crippen molar-refractivity contribution in [3.05, 3.63) is 23.7 Å². The Bertz CT molecular complexity index is 365. The first-order valence-electron chi connectivity index (χ1n) is 8.65. The second kappa shape index (κ2) is 8.51. The van der Waals surface area contributed by atoms with E-state index >= 15 is 0 Å². The highest BCUT2D eigenvalue weighted by atomic mass is 16.3. The fourth-order valence-corrected chi connectivity index (χ4v) is 3.31. The normalized spacial score (nSPS) is 18.3. The third-order valence-corrected chi connectivity index (χ3v) is 4.60. The van der Waals surface area contributed by atoms with Crippen LogP contribution in [0.2, 0.25) is 0 Å². The van der Waals surface area contributed by atoms with Crippen LogP contribution < -0.4 is 5.32 Å². The predicted octanol–water partition coefficient (Wildman–Crippen LogP) is 5.24. The Labute approximate surface area is 124 Å². The van der Waals surface area contributed by atoms with Crippen molar-refractivity contribution in [2.75, 3.05) is 6.54 Å². The van der Waals surface area contributed by atoms with E-state index in [0.29, 0.717) is 6.04 Å². The van der Waals surface area contributed by atoms with Gasteiger partial charge in [-0.2, -0.15) is 0 Å². The van der Waals surface area contributed by atoms with E-state index in [9.17, 15) is 0 Å². The zero-order valence-corrected chi connectivity index (χ0v) is 13.3. The zero-order chi connectivity index (χ0) is 14.2. The van der Waals surface area contributed by atoms with Crippen molar-refractivity contribution in [3.63, 3.8) is 0 Å². The van der Waals surface area contributed by atoms with Gasteiger partial charge in [-0.3, -0.25) is 0 Å². The van der Waals surface area contributed by atoms with E-state index in [4.69, 9.17) is 4.42 Å². The summed E-state index contributed by atoms with van der Waals surface area (Å²) in [4.78, 5) is 0. The molecule has 0 saturated heterocycles. The molecule has 0 aliphatic heterocycles. The first kappa shape index (κ1) is 15.6. The van der Waals surface area contributed by atoms with Crippen LogP contribution in [-0.4, -0.2) is 6.54 Å². The van der Waals surface area contributed by atoms with Gasteiger partial charge in [0.05, 0.1) is 6.04 Å².